The van der Waals surface area contributed by atoms with Crippen molar-refractivity contribution in [1.82, 2.24) is 14.5 Å². The number of aliphatic hydroxyl groups is 1. The summed E-state index contributed by atoms with van der Waals surface area (Å²) in [5.74, 6) is -0.0791. The molecule has 1 fully saturated rings. The molecule has 3 heterocycles. The van der Waals surface area contributed by atoms with E-state index < -0.39 is 72.9 Å². The number of hydrogen-bond acceptors (Lipinski definition) is 11. The van der Waals surface area contributed by atoms with Crippen molar-refractivity contribution in [2.45, 2.75) is 50.8 Å². The summed E-state index contributed by atoms with van der Waals surface area (Å²) in [7, 11) is -4.11. The maximum atomic E-state index is 14.8. The van der Waals surface area contributed by atoms with Gasteiger partial charge in [0.2, 0.25) is 5.95 Å². The van der Waals surface area contributed by atoms with Crippen LogP contribution in [0, 0.1) is 23.0 Å². The molecule has 1 aliphatic rings. The van der Waals surface area contributed by atoms with Gasteiger partial charge in [-0.1, -0.05) is 31.0 Å². The number of nitrogens with two attached hydrogens (primary N) is 2. The summed E-state index contributed by atoms with van der Waals surface area (Å²) in [5, 5.41) is 12.9. The molecule has 4 rings (SSSR count). The van der Waals surface area contributed by atoms with Crippen molar-refractivity contribution < 1.29 is 37.4 Å². The van der Waals surface area contributed by atoms with Crippen LogP contribution in [-0.4, -0.2) is 62.2 Å². The lowest BCUT2D eigenvalue weighted by Crippen LogP contribution is -2.53. The number of anilines is 1. The van der Waals surface area contributed by atoms with Gasteiger partial charge in [-0.2, -0.15) is 4.98 Å². The number of H-pyrrole nitrogens is 1. The van der Waals surface area contributed by atoms with Gasteiger partial charge in [0.05, 0.1) is 24.8 Å². The van der Waals surface area contributed by atoms with E-state index >= 15 is 0 Å². The first-order valence-electron chi connectivity index (χ1n) is 12.8. The number of ether oxygens (including phenoxy) is 2. The molecule has 42 heavy (non-hydrogen) atoms. The van der Waals surface area contributed by atoms with E-state index in [0.29, 0.717) is 0 Å². The first kappa shape index (κ1) is 31.5. The number of fused-ring (bicyclic) bond motifs is 1. The topological polar surface area (TPSA) is 194 Å². The van der Waals surface area contributed by atoms with Crippen LogP contribution < -0.4 is 21.6 Å². The zero-order valence-corrected chi connectivity index (χ0v) is 24.5. The second-order valence-electron chi connectivity index (χ2n) is 10.0. The Balaban J connectivity index is 1.64. The van der Waals surface area contributed by atoms with Crippen LogP contribution in [0.4, 0.5) is 10.3 Å². The number of nitrogen functional groups attached to an aromatic ring is 1. The molecule has 0 bridgehead atoms. The van der Waals surface area contributed by atoms with Gasteiger partial charge in [-0.25, -0.2) is 8.96 Å². The van der Waals surface area contributed by atoms with Crippen molar-refractivity contribution in [1.29, 1.82) is 0 Å². The van der Waals surface area contributed by atoms with Crippen molar-refractivity contribution in [3.05, 3.63) is 52.7 Å². The second-order valence-corrected chi connectivity index (χ2v) is 12.3. The van der Waals surface area contributed by atoms with Gasteiger partial charge >= 0.3 is 13.6 Å². The predicted molar refractivity (Wildman–Crippen MR) is 151 cm³/mol. The molecule has 6 N–H and O–H groups in total. The number of nitrogens with one attached hydrogen (secondary N) is 1. The number of rotatable bonds is 10. The van der Waals surface area contributed by atoms with Crippen molar-refractivity contribution in [2.75, 3.05) is 18.5 Å². The van der Waals surface area contributed by atoms with Crippen LogP contribution in [0.15, 0.2) is 41.3 Å². The third-order valence-corrected chi connectivity index (χ3v) is 8.52. The normalized spacial score (nSPS) is 24.1. The van der Waals surface area contributed by atoms with Gasteiger partial charge in [-0.3, -0.25) is 23.7 Å². The maximum absolute atomic E-state index is 14.8. The number of carbonyl (C=O) groups excluding carboxylic acids is 1. The van der Waals surface area contributed by atoms with Gasteiger partial charge in [0.1, 0.15) is 23.3 Å². The number of aliphatic hydroxyl groups excluding tert-OH is 1. The van der Waals surface area contributed by atoms with Crippen LogP contribution >= 0.6 is 19.2 Å². The number of hydrogen-bond donors (Lipinski definition) is 4. The fourth-order valence-corrected chi connectivity index (χ4v) is 6.49. The Labute approximate surface area is 244 Å². The molecule has 226 valence electrons. The molecule has 0 spiro atoms. The van der Waals surface area contributed by atoms with Crippen LogP contribution in [0.25, 0.3) is 11.0 Å². The Bertz CT molecular complexity index is 1620. The molecular formula is C26H30ClFN5O8P. The van der Waals surface area contributed by atoms with E-state index in [1.165, 1.54) is 6.92 Å². The first-order valence-corrected chi connectivity index (χ1v) is 14.9. The minimum Gasteiger partial charge on any atom is -0.463 e. The molecule has 1 aliphatic heterocycles. The number of aromatic nitrogens is 3. The van der Waals surface area contributed by atoms with E-state index in [9.17, 15) is 23.7 Å². The molecule has 1 saturated heterocycles. The molecule has 0 amide bonds. The molecule has 3 aromatic rings. The highest BCUT2D eigenvalue weighted by Gasteiger charge is 2.55. The second kappa shape index (κ2) is 12.4. The maximum Gasteiger partial charge on any atom is 0.380 e. The summed E-state index contributed by atoms with van der Waals surface area (Å²) in [6.45, 7) is 4.31. The molecule has 0 aliphatic carbocycles. The number of nitrogens with zero attached hydrogens (tertiary/aromatic N) is 2. The van der Waals surface area contributed by atoms with E-state index in [0.717, 1.165) is 10.8 Å². The quantitative estimate of drug-likeness (QED) is 0.147. The molecule has 0 saturated carbocycles. The molecule has 13 nitrogen and oxygen atoms in total. The predicted octanol–water partition coefficient (Wildman–Crippen LogP) is 2.48. The van der Waals surface area contributed by atoms with Gasteiger partial charge in [0.25, 0.3) is 5.56 Å². The average Bonchev–Trinajstić information content (AvgIpc) is 3.36. The molecular weight excluding hydrogens is 596 g/mol. The van der Waals surface area contributed by atoms with E-state index in [1.807, 2.05) is 0 Å². The van der Waals surface area contributed by atoms with Gasteiger partial charge in [-0.05, 0) is 37.6 Å². The van der Waals surface area contributed by atoms with Crippen molar-refractivity contribution in [2.24, 2.45) is 11.7 Å². The first-order chi connectivity index (χ1) is 19.8. The largest absolute Gasteiger partial charge is 0.463 e. The number of aromatic amines is 1. The third kappa shape index (κ3) is 6.47. The molecule has 2 aromatic heterocycles. The van der Waals surface area contributed by atoms with E-state index in [4.69, 9.17) is 41.6 Å². The van der Waals surface area contributed by atoms with E-state index in [2.05, 4.69) is 21.3 Å². The summed E-state index contributed by atoms with van der Waals surface area (Å²) in [5.41, 5.74) is 9.05. The number of esters is 1. The average molecular weight is 626 g/mol. The van der Waals surface area contributed by atoms with Crippen LogP contribution in [0.1, 0.15) is 27.0 Å². The minimum atomic E-state index is -4.11. The minimum absolute atomic E-state index is 0.209. The Morgan fingerprint density at radius 2 is 2.05 bits per heavy atom. The van der Waals surface area contributed by atoms with Crippen molar-refractivity contribution >= 4 is 42.1 Å². The van der Waals surface area contributed by atoms with Crippen molar-refractivity contribution in [3.63, 3.8) is 0 Å². The molecule has 16 heteroatoms. The number of halogens is 2. The molecule has 1 aromatic carbocycles. The fraction of sp³-hybridized carbons (Fsp3) is 0.423. The summed E-state index contributed by atoms with van der Waals surface area (Å²) in [6, 6.07) is 8.15. The van der Waals surface area contributed by atoms with Gasteiger partial charge in [0, 0.05) is 11.6 Å². The Kier molecular flexibility index (Phi) is 9.32. The number of para-hydroxylation sites is 1. The lowest BCUT2D eigenvalue weighted by Gasteiger charge is -2.28. The summed E-state index contributed by atoms with van der Waals surface area (Å²) in [6.07, 6.45) is -4.28. The Morgan fingerprint density at radius 1 is 1.36 bits per heavy atom. The van der Waals surface area contributed by atoms with Gasteiger partial charge in [-0.15, -0.1) is 0 Å². The Hall–Kier alpha value is -3.44. The van der Waals surface area contributed by atoms with Crippen LogP contribution in [0.2, 0.25) is 0 Å². The van der Waals surface area contributed by atoms with E-state index in [-0.39, 0.29) is 23.5 Å². The van der Waals surface area contributed by atoms with E-state index in [1.54, 1.807) is 44.2 Å². The van der Waals surface area contributed by atoms with Gasteiger partial charge < -0.3 is 30.6 Å². The fourth-order valence-electron chi connectivity index (χ4n) is 4.46. The summed E-state index contributed by atoms with van der Waals surface area (Å²) >= 11 is 5.65. The van der Waals surface area contributed by atoms with Gasteiger partial charge in [0.15, 0.2) is 23.2 Å². The van der Waals surface area contributed by atoms with Crippen LogP contribution in [0.3, 0.4) is 0 Å². The van der Waals surface area contributed by atoms with Crippen LogP contribution in [0.5, 0.6) is 5.75 Å². The summed E-state index contributed by atoms with van der Waals surface area (Å²) in [4.78, 5) is 31.0. The molecule has 6 atom stereocenters. The van der Waals surface area contributed by atoms with Crippen LogP contribution in [-0.2, 0) is 23.4 Å². The summed E-state index contributed by atoms with van der Waals surface area (Å²) < 4.78 is 52.4. The SMILES string of the molecule is CC(C)OC(=O)[C@H](C)C[P@](=O)(OC[C@H]1O[C@@H](n2cc(F)c3c(=O)[nH]c(N)nc32)C(N)(C#CCl)[C@H]1O)Oc1ccccc1. The smallest absolute Gasteiger partial charge is 0.380 e. The highest BCUT2D eigenvalue weighted by Crippen LogP contribution is 2.51. The number of carbonyl (C=O) groups is 1. The number of benzene rings is 1. The monoisotopic (exact) mass is 625 g/mol. The molecule has 0 radical (unpaired) electrons. The third-order valence-electron chi connectivity index (χ3n) is 6.40. The molecule has 1 unspecified atom stereocenters. The highest BCUT2D eigenvalue weighted by atomic mass is 35.5. The zero-order chi connectivity index (χ0) is 30.8. The highest BCUT2D eigenvalue weighted by molar-refractivity contribution is 7.54. The standard InChI is InChI=1S/C26H30ClFN5O8P/c1-14(2)39-23(36)15(3)13-42(37,41-16-7-5-4-6-8-16)38-12-18-20(34)26(30,9-10-27)24(40-18)33-11-17(28)19-21(33)31-25(29)32-22(19)35/h4-8,11,14-15,18,20,24,34H,12-13,30H2,1-3H3,(H3,29,31,32,35)/t15-,18-,20+,24-,26?,42+/m1/s1. The lowest BCUT2D eigenvalue weighted by atomic mass is 9.92. The zero-order valence-electron chi connectivity index (χ0n) is 22.8. The lowest BCUT2D eigenvalue weighted by molar-refractivity contribution is -0.151. The van der Waals surface area contributed by atoms with Crippen molar-refractivity contribution in [3.8, 4) is 17.0 Å². The Morgan fingerprint density at radius 3 is 2.69 bits per heavy atom.